The van der Waals surface area contributed by atoms with Crippen LogP contribution in [0.1, 0.15) is 16.7 Å². The molecule has 19 heavy (non-hydrogen) atoms. The normalized spacial score (nSPS) is 10.9. The van der Waals surface area contributed by atoms with Crippen LogP contribution in [0.3, 0.4) is 0 Å². The lowest BCUT2D eigenvalue weighted by atomic mass is 9.97. The van der Waals surface area contributed by atoms with Gasteiger partial charge >= 0.3 is 0 Å². The number of rotatable bonds is 1. The molecule has 1 aromatic heterocycles. The second-order valence-electron chi connectivity index (χ2n) is 5.20. The molecule has 0 fully saturated rings. The molecule has 2 aromatic carbocycles. The second kappa shape index (κ2) is 4.51. The Morgan fingerprint density at radius 2 is 1.53 bits per heavy atom. The zero-order valence-corrected chi connectivity index (χ0v) is 11.6. The molecule has 0 radical (unpaired) electrons. The molecule has 0 N–H and O–H groups in total. The molecule has 0 aliphatic rings. The lowest BCUT2D eigenvalue weighted by Crippen LogP contribution is -1.90. The van der Waals surface area contributed by atoms with Gasteiger partial charge in [-0.05, 0) is 49.9 Å². The third kappa shape index (κ3) is 2.12. The van der Waals surface area contributed by atoms with E-state index >= 15 is 0 Å². The van der Waals surface area contributed by atoms with Crippen LogP contribution in [0, 0.1) is 20.8 Å². The molecule has 3 rings (SSSR count). The first-order valence-electron chi connectivity index (χ1n) is 6.58. The predicted molar refractivity (Wildman–Crippen MR) is 81.4 cm³/mol. The van der Waals surface area contributed by atoms with Gasteiger partial charge in [-0.25, -0.2) is 0 Å². The Bertz CT molecular complexity index is 757. The monoisotopic (exact) mass is 247 g/mol. The van der Waals surface area contributed by atoms with Gasteiger partial charge in [0.25, 0.3) is 0 Å². The smallest absolute Gasteiger partial charge is 0.0783 e. The summed E-state index contributed by atoms with van der Waals surface area (Å²) in [5.41, 5.74) is 6.13. The van der Waals surface area contributed by atoms with Crippen LogP contribution in [0.4, 0.5) is 0 Å². The molecule has 0 spiro atoms. The van der Waals surface area contributed by atoms with Crippen molar-refractivity contribution in [2.75, 3.05) is 0 Å². The zero-order chi connectivity index (χ0) is 13.4. The number of aryl methyl sites for hydroxylation is 3. The molecule has 0 saturated heterocycles. The minimum atomic E-state index is 1.09. The molecular formula is C18H17N. The lowest BCUT2D eigenvalue weighted by Gasteiger charge is -2.10. The van der Waals surface area contributed by atoms with Gasteiger partial charge in [0.2, 0.25) is 0 Å². The van der Waals surface area contributed by atoms with Crippen molar-refractivity contribution in [2.24, 2.45) is 0 Å². The molecule has 94 valence electrons. The first-order valence-corrected chi connectivity index (χ1v) is 6.58. The number of benzene rings is 2. The van der Waals surface area contributed by atoms with E-state index in [9.17, 15) is 0 Å². The van der Waals surface area contributed by atoms with Crippen LogP contribution in [0.25, 0.3) is 22.0 Å². The average Bonchev–Trinajstić information content (AvgIpc) is 2.41. The van der Waals surface area contributed by atoms with Crippen molar-refractivity contribution in [3.63, 3.8) is 0 Å². The van der Waals surface area contributed by atoms with Crippen molar-refractivity contribution in [1.82, 2.24) is 4.98 Å². The van der Waals surface area contributed by atoms with Gasteiger partial charge in [0.15, 0.2) is 0 Å². The molecule has 0 saturated carbocycles. The largest absolute Gasteiger partial charge is 0.256 e. The van der Waals surface area contributed by atoms with Crippen LogP contribution in [-0.2, 0) is 0 Å². The zero-order valence-electron chi connectivity index (χ0n) is 11.6. The Hall–Kier alpha value is -2.15. The van der Waals surface area contributed by atoms with E-state index in [1.54, 1.807) is 0 Å². The van der Waals surface area contributed by atoms with Gasteiger partial charge in [-0.3, -0.25) is 4.98 Å². The van der Waals surface area contributed by atoms with Gasteiger partial charge in [-0.15, -0.1) is 0 Å². The standard InChI is InChI=1S/C18H17N/c1-12-4-6-14(3)16(10-12)18-17-11-13(2)5-7-15(17)8-9-19-18/h4-11H,1-3H3. The fourth-order valence-corrected chi connectivity index (χ4v) is 2.49. The molecule has 1 nitrogen and oxygen atoms in total. The molecule has 0 atom stereocenters. The van der Waals surface area contributed by atoms with Crippen LogP contribution in [0.2, 0.25) is 0 Å². The molecular weight excluding hydrogens is 230 g/mol. The molecule has 0 amide bonds. The number of pyridine rings is 1. The van der Waals surface area contributed by atoms with E-state index in [2.05, 4.69) is 68.2 Å². The molecule has 1 heterocycles. The number of aromatic nitrogens is 1. The van der Waals surface area contributed by atoms with Crippen LogP contribution in [0.15, 0.2) is 48.7 Å². The summed E-state index contributed by atoms with van der Waals surface area (Å²) in [5.74, 6) is 0. The maximum absolute atomic E-state index is 4.62. The van der Waals surface area contributed by atoms with E-state index in [-0.39, 0.29) is 0 Å². The van der Waals surface area contributed by atoms with Crippen molar-refractivity contribution < 1.29 is 0 Å². The summed E-state index contributed by atoms with van der Waals surface area (Å²) in [7, 11) is 0. The summed E-state index contributed by atoms with van der Waals surface area (Å²) in [4.78, 5) is 4.62. The Labute approximate surface area is 113 Å². The van der Waals surface area contributed by atoms with E-state index in [1.807, 2.05) is 6.20 Å². The van der Waals surface area contributed by atoms with Gasteiger partial charge in [0.1, 0.15) is 0 Å². The van der Waals surface area contributed by atoms with Crippen LogP contribution >= 0.6 is 0 Å². The quantitative estimate of drug-likeness (QED) is 0.600. The van der Waals surface area contributed by atoms with Crippen LogP contribution < -0.4 is 0 Å². The molecule has 1 heteroatoms. The highest BCUT2D eigenvalue weighted by molar-refractivity contribution is 5.95. The fourth-order valence-electron chi connectivity index (χ4n) is 2.49. The number of nitrogens with zero attached hydrogens (tertiary/aromatic N) is 1. The third-order valence-corrected chi connectivity index (χ3v) is 3.57. The number of fused-ring (bicyclic) bond motifs is 1. The summed E-state index contributed by atoms with van der Waals surface area (Å²) < 4.78 is 0. The van der Waals surface area contributed by atoms with Gasteiger partial charge in [0, 0.05) is 17.1 Å². The Kier molecular flexibility index (Phi) is 2.83. The lowest BCUT2D eigenvalue weighted by molar-refractivity contribution is 1.31. The predicted octanol–water partition coefficient (Wildman–Crippen LogP) is 4.83. The molecule has 3 aromatic rings. The summed E-state index contributed by atoms with van der Waals surface area (Å²) in [6.45, 7) is 6.39. The van der Waals surface area contributed by atoms with Crippen LogP contribution in [0.5, 0.6) is 0 Å². The van der Waals surface area contributed by atoms with Crippen LogP contribution in [-0.4, -0.2) is 4.98 Å². The molecule has 0 unspecified atom stereocenters. The van der Waals surface area contributed by atoms with E-state index in [1.165, 1.54) is 33.0 Å². The fraction of sp³-hybridized carbons (Fsp3) is 0.167. The summed E-state index contributed by atoms with van der Waals surface area (Å²) >= 11 is 0. The van der Waals surface area contributed by atoms with Gasteiger partial charge in [0.05, 0.1) is 5.69 Å². The first-order chi connectivity index (χ1) is 9.15. The minimum Gasteiger partial charge on any atom is -0.256 e. The van der Waals surface area contributed by atoms with E-state index in [4.69, 9.17) is 0 Å². The van der Waals surface area contributed by atoms with Crippen molar-refractivity contribution in [1.29, 1.82) is 0 Å². The maximum Gasteiger partial charge on any atom is 0.0783 e. The highest BCUT2D eigenvalue weighted by Crippen LogP contribution is 2.30. The van der Waals surface area contributed by atoms with E-state index < -0.39 is 0 Å². The van der Waals surface area contributed by atoms with Crippen molar-refractivity contribution in [2.45, 2.75) is 20.8 Å². The SMILES string of the molecule is Cc1ccc(C)c(-c2nccc3ccc(C)cc23)c1. The van der Waals surface area contributed by atoms with Gasteiger partial charge < -0.3 is 0 Å². The summed E-state index contributed by atoms with van der Waals surface area (Å²) in [6.07, 6.45) is 1.90. The van der Waals surface area contributed by atoms with Gasteiger partial charge in [-0.2, -0.15) is 0 Å². The van der Waals surface area contributed by atoms with E-state index in [0.29, 0.717) is 0 Å². The second-order valence-corrected chi connectivity index (χ2v) is 5.20. The topological polar surface area (TPSA) is 12.9 Å². The number of hydrogen-bond donors (Lipinski definition) is 0. The Morgan fingerprint density at radius 1 is 0.789 bits per heavy atom. The highest BCUT2D eigenvalue weighted by atomic mass is 14.7. The van der Waals surface area contributed by atoms with Gasteiger partial charge in [-0.1, -0.05) is 35.4 Å². The number of hydrogen-bond acceptors (Lipinski definition) is 1. The average molecular weight is 247 g/mol. The minimum absolute atomic E-state index is 1.09. The van der Waals surface area contributed by atoms with Crippen molar-refractivity contribution in [3.05, 3.63) is 65.4 Å². The summed E-state index contributed by atoms with van der Waals surface area (Å²) in [5, 5.41) is 2.48. The van der Waals surface area contributed by atoms with Crippen molar-refractivity contribution >= 4 is 10.8 Å². The van der Waals surface area contributed by atoms with Crippen molar-refractivity contribution in [3.8, 4) is 11.3 Å². The molecule has 0 bridgehead atoms. The molecule has 0 aliphatic heterocycles. The Balaban J connectivity index is 2.36. The highest BCUT2D eigenvalue weighted by Gasteiger charge is 2.08. The van der Waals surface area contributed by atoms with E-state index in [0.717, 1.165) is 5.69 Å². The first kappa shape index (κ1) is 11.9. The molecule has 0 aliphatic carbocycles. The Morgan fingerprint density at radius 3 is 2.37 bits per heavy atom. The summed E-state index contributed by atoms with van der Waals surface area (Å²) in [6, 6.07) is 15.1. The third-order valence-electron chi connectivity index (χ3n) is 3.57. The maximum atomic E-state index is 4.62.